The second-order valence-electron chi connectivity index (χ2n) is 6.01. The Morgan fingerprint density at radius 2 is 1.94 bits per heavy atom. The molecule has 0 radical (unpaired) electrons. The van der Waals surface area contributed by atoms with E-state index in [0.29, 0.717) is 12.3 Å². The van der Waals surface area contributed by atoms with Gasteiger partial charge in [0.2, 0.25) is 0 Å². The summed E-state index contributed by atoms with van der Waals surface area (Å²) in [5, 5.41) is 3.37. The van der Waals surface area contributed by atoms with Gasteiger partial charge >= 0.3 is 0 Å². The normalized spacial score (nSPS) is 30.2. The van der Waals surface area contributed by atoms with Gasteiger partial charge in [-0.15, -0.1) is 0 Å². The van der Waals surface area contributed by atoms with Crippen molar-refractivity contribution in [1.29, 1.82) is 0 Å². The summed E-state index contributed by atoms with van der Waals surface area (Å²) in [4.78, 5) is 2.34. The van der Waals surface area contributed by atoms with Crippen LogP contribution in [0, 0.1) is 5.92 Å². The Morgan fingerprint density at radius 3 is 2.53 bits per heavy atom. The smallest absolute Gasteiger partial charge is 0.157 e. The summed E-state index contributed by atoms with van der Waals surface area (Å²) >= 11 is 0. The zero-order valence-electron chi connectivity index (χ0n) is 10.9. The molecule has 5 heteroatoms. The molecular weight excluding hydrogens is 236 g/mol. The zero-order valence-corrected chi connectivity index (χ0v) is 11.7. The first-order valence-electron chi connectivity index (χ1n) is 6.56. The van der Waals surface area contributed by atoms with E-state index in [4.69, 9.17) is 0 Å². The highest BCUT2D eigenvalue weighted by Crippen LogP contribution is 2.25. The minimum atomic E-state index is -2.89. The van der Waals surface area contributed by atoms with Gasteiger partial charge in [0.25, 0.3) is 0 Å². The van der Waals surface area contributed by atoms with Crippen LogP contribution in [0.1, 0.15) is 26.7 Å². The fourth-order valence-electron chi connectivity index (χ4n) is 2.83. The van der Waals surface area contributed by atoms with Crippen molar-refractivity contribution in [2.75, 3.05) is 38.5 Å². The SMILES string of the molecule is CC1(C)CN(CC2CCNCC2)CCS1(=O)=O. The average molecular weight is 260 g/mol. The fraction of sp³-hybridized carbons (Fsp3) is 1.00. The minimum absolute atomic E-state index is 0.324. The molecule has 0 aromatic carbocycles. The van der Waals surface area contributed by atoms with E-state index in [-0.39, 0.29) is 0 Å². The maximum atomic E-state index is 11.9. The van der Waals surface area contributed by atoms with Crippen LogP contribution >= 0.6 is 0 Å². The third kappa shape index (κ3) is 3.01. The topological polar surface area (TPSA) is 49.4 Å². The van der Waals surface area contributed by atoms with Gasteiger partial charge in [0, 0.05) is 19.6 Å². The van der Waals surface area contributed by atoms with E-state index in [1.54, 1.807) is 0 Å². The summed E-state index contributed by atoms with van der Waals surface area (Å²) in [5.74, 6) is 1.07. The number of hydrogen-bond donors (Lipinski definition) is 1. The molecule has 2 rings (SSSR count). The molecule has 4 nitrogen and oxygen atoms in total. The largest absolute Gasteiger partial charge is 0.317 e. The van der Waals surface area contributed by atoms with Crippen LogP contribution in [0.25, 0.3) is 0 Å². The van der Waals surface area contributed by atoms with Gasteiger partial charge in [0.1, 0.15) is 0 Å². The van der Waals surface area contributed by atoms with Crippen LogP contribution in [-0.4, -0.2) is 56.5 Å². The van der Waals surface area contributed by atoms with Gasteiger partial charge in [-0.3, -0.25) is 0 Å². The van der Waals surface area contributed by atoms with E-state index in [2.05, 4.69) is 10.2 Å². The molecule has 2 aliphatic heterocycles. The monoisotopic (exact) mass is 260 g/mol. The Hall–Kier alpha value is -0.130. The Labute approximate surface area is 105 Å². The van der Waals surface area contributed by atoms with Crippen LogP contribution in [-0.2, 0) is 9.84 Å². The maximum Gasteiger partial charge on any atom is 0.157 e. The predicted molar refractivity (Wildman–Crippen MR) is 69.9 cm³/mol. The lowest BCUT2D eigenvalue weighted by atomic mass is 9.97. The predicted octanol–water partition coefficient (Wildman–Crippen LogP) is 0.495. The highest BCUT2D eigenvalue weighted by atomic mass is 32.2. The number of piperidine rings is 1. The molecule has 0 aromatic heterocycles. The van der Waals surface area contributed by atoms with Crippen molar-refractivity contribution in [3.63, 3.8) is 0 Å². The first-order valence-corrected chi connectivity index (χ1v) is 8.21. The van der Waals surface area contributed by atoms with Crippen molar-refractivity contribution in [2.45, 2.75) is 31.4 Å². The molecule has 0 aliphatic carbocycles. The molecule has 0 aromatic rings. The summed E-state index contributed by atoms with van der Waals surface area (Å²) in [5.41, 5.74) is 0. The van der Waals surface area contributed by atoms with Gasteiger partial charge in [-0.1, -0.05) is 0 Å². The molecule has 17 heavy (non-hydrogen) atoms. The number of sulfone groups is 1. The quantitative estimate of drug-likeness (QED) is 0.785. The van der Waals surface area contributed by atoms with Gasteiger partial charge in [-0.05, 0) is 45.7 Å². The Morgan fingerprint density at radius 1 is 1.29 bits per heavy atom. The van der Waals surface area contributed by atoms with Crippen LogP contribution in [0.5, 0.6) is 0 Å². The summed E-state index contributed by atoms with van der Waals surface area (Å²) in [6.07, 6.45) is 2.45. The summed E-state index contributed by atoms with van der Waals surface area (Å²) in [7, 11) is -2.89. The molecule has 2 saturated heterocycles. The van der Waals surface area contributed by atoms with Crippen LogP contribution in [0.15, 0.2) is 0 Å². The molecular formula is C12H24N2O2S. The second kappa shape index (κ2) is 4.86. The van der Waals surface area contributed by atoms with Gasteiger partial charge in [-0.25, -0.2) is 8.42 Å². The molecule has 0 unspecified atom stereocenters. The third-order valence-electron chi connectivity index (χ3n) is 4.10. The lowest BCUT2D eigenvalue weighted by Crippen LogP contribution is -2.54. The van der Waals surface area contributed by atoms with E-state index in [1.165, 1.54) is 12.8 Å². The van der Waals surface area contributed by atoms with E-state index in [1.807, 2.05) is 13.8 Å². The standard InChI is InChI=1S/C12H24N2O2S/c1-12(2)10-14(7-8-17(12,15)16)9-11-3-5-13-6-4-11/h11,13H,3-10H2,1-2H3. The molecule has 0 amide bonds. The number of rotatable bonds is 2. The molecule has 2 aliphatic rings. The summed E-state index contributed by atoms with van der Waals surface area (Å²) < 4.78 is 23.2. The van der Waals surface area contributed by atoms with Gasteiger partial charge < -0.3 is 10.2 Å². The van der Waals surface area contributed by atoms with Crippen LogP contribution in [0.4, 0.5) is 0 Å². The number of nitrogens with zero attached hydrogens (tertiary/aromatic N) is 1. The third-order valence-corrected chi connectivity index (χ3v) is 6.63. The summed E-state index contributed by atoms with van der Waals surface area (Å²) in [6, 6.07) is 0. The first-order chi connectivity index (χ1) is 7.91. The van der Waals surface area contributed by atoms with Crippen molar-refractivity contribution < 1.29 is 8.42 Å². The van der Waals surface area contributed by atoms with Gasteiger partial charge in [0.15, 0.2) is 9.84 Å². The molecule has 1 N–H and O–H groups in total. The molecule has 0 saturated carbocycles. The Balaban J connectivity index is 1.92. The van der Waals surface area contributed by atoms with Crippen LogP contribution < -0.4 is 5.32 Å². The van der Waals surface area contributed by atoms with E-state index in [0.717, 1.165) is 32.1 Å². The average Bonchev–Trinajstić information content (AvgIpc) is 2.25. The lowest BCUT2D eigenvalue weighted by Gasteiger charge is -2.39. The Bertz CT molecular complexity index is 359. The van der Waals surface area contributed by atoms with Crippen molar-refractivity contribution >= 4 is 9.84 Å². The molecule has 100 valence electrons. The van der Waals surface area contributed by atoms with E-state index < -0.39 is 14.6 Å². The zero-order chi connectivity index (χ0) is 12.5. The Kier molecular flexibility index (Phi) is 3.80. The number of hydrogen-bond acceptors (Lipinski definition) is 4. The molecule has 0 bridgehead atoms. The minimum Gasteiger partial charge on any atom is -0.317 e. The van der Waals surface area contributed by atoms with Crippen molar-refractivity contribution in [2.24, 2.45) is 5.92 Å². The maximum absolute atomic E-state index is 11.9. The fourth-order valence-corrected chi connectivity index (χ4v) is 4.26. The van der Waals surface area contributed by atoms with Crippen LogP contribution in [0.2, 0.25) is 0 Å². The van der Waals surface area contributed by atoms with Crippen molar-refractivity contribution in [1.82, 2.24) is 10.2 Å². The summed E-state index contributed by atoms with van der Waals surface area (Å²) in [6.45, 7) is 8.42. The van der Waals surface area contributed by atoms with E-state index in [9.17, 15) is 8.42 Å². The highest BCUT2D eigenvalue weighted by Gasteiger charge is 2.40. The van der Waals surface area contributed by atoms with Gasteiger partial charge in [-0.2, -0.15) is 0 Å². The van der Waals surface area contributed by atoms with Gasteiger partial charge in [0.05, 0.1) is 10.5 Å². The lowest BCUT2D eigenvalue weighted by molar-refractivity contribution is 0.192. The molecule has 2 fully saturated rings. The van der Waals surface area contributed by atoms with Crippen LogP contribution in [0.3, 0.4) is 0 Å². The first kappa shape index (κ1) is 13.3. The number of nitrogens with one attached hydrogen (secondary N) is 1. The second-order valence-corrected chi connectivity index (χ2v) is 8.75. The van der Waals surface area contributed by atoms with Crippen molar-refractivity contribution in [3.05, 3.63) is 0 Å². The van der Waals surface area contributed by atoms with E-state index >= 15 is 0 Å². The molecule has 0 spiro atoms. The highest BCUT2D eigenvalue weighted by molar-refractivity contribution is 7.92. The van der Waals surface area contributed by atoms with Crippen molar-refractivity contribution in [3.8, 4) is 0 Å². The molecule has 2 heterocycles. The molecule has 0 atom stereocenters.